The van der Waals surface area contributed by atoms with Crippen LogP contribution in [0.4, 0.5) is 0 Å². The summed E-state index contributed by atoms with van der Waals surface area (Å²) in [4.78, 5) is 45.2. The molecular weight excluding hydrogens is 590 g/mol. The highest BCUT2D eigenvalue weighted by Crippen LogP contribution is 2.38. The fraction of sp³-hybridized carbons (Fsp3) is 0.647. The van der Waals surface area contributed by atoms with Gasteiger partial charge in [0.2, 0.25) is 5.91 Å². The highest BCUT2D eigenvalue weighted by molar-refractivity contribution is 6.74. The third kappa shape index (κ3) is 10.2. The van der Waals surface area contributed by atoms with E-state index < -0.39 is 38.4 Å². The Morgan fingerprint density at radius 1 is 1.18 bits per heavy atom. The molecule has 2 aliphatic rings. The molecule has 0 radical (unpaired) electrons. The maximum absolute atomic E-state index is 13.5. The third-order valence-electron chi connectivity index (χ3n) is 8.93. The molecule has 45 heavy (non-hydrogen) atoms. The number of aliphatic hydroxyl groups excluding tert-OH is 1. The summed E-state index contributed by atoms with van der Waals surface area (Å²) < 4.78 is 18.3. The first-order valence-electron chi connectivity index (χ1n) is 16.1. The number of hydrogen-bond donors (Lipinski definition) is 2. The Morgan fingerprint density at radius 2 is 1.89 bits per heavy atom. The number of rotatable bonds is 3. The molecule has 1 aromatic rings. The number of nitrogens with one attached hydrogen (secondary N) is 1. The van der Waals surface area contributed by atoms with Crippen LogP contribution in [0.1, 0.15) is 84.1 Å². The first-order chi connectivity index (χ1) is 21.0. The molecule has 0 spiro atoms. The molecule has 0 unspecified atom stereocenters. The van der Waals surface area contributed by atoms with Crippen LogP contribution in [0.2, 0.25) is 18.1 Å². The van der Waals surface area contributed by atoms with E-state index in [1.165, 1.54) is 17.2 Å². The number of ether oxygens (including phenoxy) is 1. The van der Waals surface area contributed by atoms with Crippen molar-refractivity contribution in [3.63, 3.8) is 0 Å². The van der Waals surface area contributed by atoms with E-state index in [4.69, 9.17) is 13.6 Å². The van der Waals surface area contributed by atoms with Gasteiger partial charge in [0.15, 0.2) is 19.9 Å². The summed E-state index contributed by atoms with van der Waals surface area (Å²) in [5, 5.41) is 13.9. The van der Waals surface area contributed by atoms with E-state index in [0.717, 1.165) is 5.57 Å². The van der Waals surface area contributed by atoms with E-state index >= 15 is 0 Å². The predicted molar refractivity (Wildman–Crippen MR) is 176 cm³/mol. The van der Waals surface area contributed by atoms with Crippen LogP contribution in [0.5, 0.6) is 0 Å². The minimum Gasteiger partial charge on any atom is -0.460 e. The maximum Gasteiger partial charge on any atom is 0.329 e. The molecule has 1 saturated heterocycles. The summed E-state index contributed by atoms with van der Waals surface area (Å²) in [5.41, 5.74) is 1.03. The second kappa shape index (κ2) is 15.5. The highest BCUT2D eigenvalue weighted by atomic mass is 28.4. The van der Waals surface area contributed by atoms with E-state index in [2.05, 4.69) is 44.2 Å². The zero-order chi connectivity index (χ0) is 33.5. The first kappa shape index (κ1) is 36.4. The van der Waals surface area contributed by atoms with Crippen molar-refractivity contribution in [3.8, 4) is 0 Å². The van der Waals surface area contributed by atoms with Gasteiger partial charge >= 0.3 is 5.97 Å². The van der Waals surface area contributed by atoms with Crippen LogP contribution >= 0.6 is 0 Å². The molecule has 10 nitrogen and oxygen atoms in total. The summed E-state index contributed by atoms with van der Waals surface area (Å²) in [6.07, 6.45) is 10.2. The summed E-state index contributed by atoms with van der Waals surface area (Å²) in [6.45, 7) is 19.4. The Morgan fingerprint density at radius 3 is 2.56 bits per heavy atom. The smallest absolute Gasteiger partial charge is 0.329 e. The van der Waals surface area contributed by atoms with E-state index in [9.17, 15) is 19.5 Å². The van der Waals surface area contributed by atoms with Gasteiger partial charge in [-0.05, 0) is 49.9 Å². The Bertz CT molecular complexity index is 1280. The SMILES string of the molecule is CC1=C\[C@@H](O[Si](C)(C)C(C)(C)C)C[C@@H](O)Cc2nc(co2)C(=O)N2CCC[C@@H]2C(=O)O[C@@H](C(C)C)[C@@H](C)/C=C/C(=O)NC\C=C\1. The molecule has 250 valence electrons. The number of esters is 1. The monoisotopic (exact) mass is 643 g/mol. The lowest BCUT2D eigenvalue weighted by Crippen LogP contribution is -2.44. The van der Waals surface area contributed by atoms with Gasteiger partial charge < -0.3 is 28.9 Å². The quantitative estimate of drug-likeness (QED) is 0.333. The van der Waals surface area contributed by atoms with Gasteiger partial charge in [0.05, 0.1) is 18.6 Å². The van der Waals surface area contributed by atoms with Gasteiger partial charge in [-0.2, -0.15) is 0 Å². The van der Waals surface area contributed by atoms with Gasteiger partial charge in [0, 0.05) is 25.4 Å². The number of allylic oxidation sites excluding steroid dienone is 2. The Labute approximate surface area is 269 Å². The number of carbonyl (C=O) groups is 3. The third-order valence-corrected chi connectivity index (χ3v) is 13.4. The summed E-state index contributed by atoms with van der Waals surface area (Å²) >= 11 is 0. The number of cyclic esters (lactones) is 1. The van der Waals surface area contributed by atoms with Crippen molar-refractivity contribution in [1.29, 1.82) is 0 Å². The van der Waals surface area contributed by atoms with E-state index in [1.807, 2.05) is 45.9 Å². The molecule has 2 N–H and O–H groups in total. The number of aromatic nitrogens is 1. The molecule has 0 saturated carbocycles. The molecule has 3 rings (SSSR count). The Hall–Kier alpha value is -3.02. The first-order valence-corrected chi connectivity index (χ1v) is 19.0. The average Bonchev–Trinajstić information content (AvgIpc) is 3.61. The molecular formula is C34H53N3O7Si. The molecule has 2 bridgehead atoms. The van der Waals surface area contributed by atoms with Gasteiger partial charge in [0.25, 0.3) is 5.91 Å². The molecule has 2 amide bonds. The lowest BCUT2D eigenvalue weighted by Gasteiger charge is -2.39. The maximum atomic E-state index is 13.5. The highest BCUT2D eigenvalue weighted by Gasteiger charge is 2.40. The fourth-order valence-corrected chi connectivity index (χ4v) is 6.66. The predicted octanol–water partition coefficient (Wildman–Crippen LogP) is 5.36. The van der Waals surface area contributed by atoms with E-state index in [1.54, 1.807) is 6.08 Å². The van der Waals surface area contributed by atoms with E-state index in [-0.39, 0.29) is 46.9 Å². The molecule has 3 heterocycles. The van der Waals surface area contributed by atoms with Crippen LogP contribution < -0.4 is 5.32 Å². The molecule has 5 atom stereocenters. The van der Waals surface area contributed by atoms with Crippen molar-refractivity contribution >= 4 is 26.1 Å². The molecule has 0 aliphatic carbocycles. The van der Waals surface area contributed by atoms with Crippen LogP contribution in [0, 0.1) is 11.8 Å². The second-order valence-electron chi connectivity index (χ2n) is 14.2. The second-order valence-corrected chi connectivity index (χ2v) is 19.0. The zero-order valence-corrected chi connectivity index (χ0v) is 29.5. The number of oxazole rings is 1. The number of amides is 2. The van der Waals surface area contributed by atoms with Crippen LogP contribution in [0.25, 0.3) is 0 Å². The van der Waals surface area contributed by atoms with Gasteiger partial charge in [-0.15, -0.1) is 0 Å². The van der Waals surface area contributed by atoms with Crippen molar-refractivity contribution < 1.29 is 33.1 Å². The van der Waals surface area contributed by atoms with Gasteiger partial charge in [-0.1, -0.05) is 71.4 Å². The minimum atomic E-state index is -2.19. The Balaban J connectivity index is 1.92. The van der Waals surface area contributed by atoms with Crippen molar-refractivity contribution in [2.75, 3.05) is 13.1 Å². The number of nitrogens with zero attached hydrogens (tertiary/aromatic N) is 2. The van der Waals surface area contributed by atoms with Crippen molar-refractivity contribution in [2.45, 2.75) is 117 Å². The number of aliphatic hydroxyl groups is 1. The normalized spacial score (nSPS) is 29.4. The topological polar surface area (TPSA) is 131 Å². The average molecular weight is 644 g/mol. The number of hydrogen-bond acceptors (Lipinski definition) is 8. The molecule has 2 aliphatic heterocycles. The standard InChI is InChI=1S/C34H53N3O7Si/c1-22(2)31-24(4)14-15-29(39)35-16-10-12-23(3)18-26(44-45(8,9)34(5,6)7)19-25(38)20-30-36-27(21-42-30)32(40)37-17-11-13-28(37)33(41)43-31/h10,12,14-15,18,21-22,24-26,28,31,38H,11,13,16-17,19-20H2,1-9H3,(H,35,39)/b12-10+,15-14+,23-18+/t24-,25+,26+,28+,31-/m0/s1. The fourth-order valence-electron chi connectivity index (χ4n) is 5.39. The molecule has 1 aromatic heterocycles. The lowest BCUT2D eigenvalue weighted by molar-refractivity contribution is -0.158. The van der Waals surface area contributed by atoms with Crippen LogP contribution in [-0.2, 0) is 25.2 Å². The summed E-state index contributed by atoms with van der Waals surface area (Å²) in [7, 11) is -2.19. The zero-order valence-electron chi connectivity index (χ0n) is 28.5. The van der Waals surface area contributed by atoms with E-state index in [0.29, 0.717) is 32.4 Å². The van der Waals surface area contributed by atoms with Crippen LogP contribution in [-0.4, -0.2) is 78.5 Å². The number of fused-ring (bicyclic) bond motifs is 3. The Kier molecular flexibility index (Phi) is 12.6. The number of carbonyl (C=O) groups excluding carboxylic acids is 3. The molecule has 0 aromatic carbocycles. The lowest BCUT2D eigenvalue weighted by atomic mass is 9.94. The largest absolute Gasteiger partial charge is 0.460 e. The van der Waals surface area contributed by atoms with Gasteiger partial charge in [0.1, 0.15) is 18.4 Å². The summed E-state index contributed by atoms with van der Waals surface area (Å²) in [5.74, 6) is -1.12. The molecule has 11 heteroatoms. The van der Waals surface area contributed by atoms with Crippen molar-refractivity contribution in [1.82, 2.24) is 15.2 Å². The van der Waals surface area contributed by atoms with Crippen LogP contribution in [0.15, 0.2) is 46.6 Å². The minimum absolute atomic E-state index is 0.0108. The van der Waals surface area contributed by atoms with Gasteiger partial charge in [-0.25, -0.2) is 9.78 Å². The van der Waals surface area contributed by atoms with Crippen LogP contribution in [0.3, 0.4) is 0 Å². The van der Waals surface area contributed by atoms with Gasteiger partial charge in [-0.3, -0.25) is 9.59 Å². The summed E-state index contributed by atoms with van der Waals surface area (Å²) in [6, 6.07) is -0.736. The molecule has 1 fully saturated rings. The van der Waals surface area contributed by atoms with Crippen molar-refractivity contribution in [3.05, 3.63) is 53.8 Å². The van der Waals surface area contributed by atoms with Crippen molar-refractivity contribution in [2.24, 2.45) is 11.8 Å².